The van der Waals surface area contributed by atoms with E-state index in [2.05, 4.69) is 26.3 Å². The van der Waals surface area contributed by atoms with E-state index in [1.54, 1.807) is 12.4 Å². The lowest BCUT2D eigenvalue weighted by Gasteiger charge is -2.17. The Hall–Kier alpha value is -2.07. The summed E-state index contributed by atoms with van der Waals surface area (Å²) in [4.78, 5) is 25.3. The molecule has 0 atom stereocenters. The van der Waals surface area contributed by atoms with Crippen LogP contribution in [0.15, 0.2) is 12.4 Å². The van der Waals surface area contributed by atoms with E-state index >= 15 is 0 Å². The summed E-state index contributed by atoms with van der Waals surface area (Å²) < 4.78 is 0. The molecular weight excluding hydrogens is 262 g/mol. The number of nitrogens with one attached hydrogen (secondary N) is 1. The minimum atomic E-state index is -0.890. The van der Waals surface area contributed by atoms with Crippen LogP contribution in [0.25, 0.3) is 10.5 Å². The largest absolute Gasteiger partial charge is 0.300 e. The molecule has 2 aromatic rings. The fourth-order valence-electron chi connectivity index (χ4n) is 2.32. The van der Waals surface area contributed by atoms with Gasteiger partial charge in [-0.05, 0) is 12.8 Å². The molecule has 1 aliphatic rings. The Morgan fingerprint density at radius 3 is 2.79 bits per heavy atom. The molecule has 0 bridgehead atoms. The lowest BCUT2D eigenvalue weighted by molar-refractivity contribution is -0.122. The molecule has 7 heteroatoms. The minimum absolute atomic E-state index is 0.258. The topological polar surface area (TPSA) is 91.6 Å². The zero-order valence-corrected chi connectivity index (χ0v) is 10.9. The second-order valence-corrected chi connectivity index (χ2v) is 5.54. The third-order valence-corrected chi connectivity index (χ3v) is 4.24. The van der Waals surface area contributed by atoms with Gasteiger partial charge in [0.2, 0.25) is 5.91 Å². The summed E-state index contributed by atoms with van der Waals surface area (Å²) in [5.41, 5.74) is -0.376. The van der Waals surface area contributed by atoms with Crippen LogP contribution in [0.2, 0.25) is 0 Å². The molecule has 1 saturated carbocycles. The Balaban J connectivity index is 1.85. The molecule has 19 heavy (non-hydrogen) atoms. The van der Waals surface area contributed by atoms with Crippen molar-refractivity contribution >= 4 is 32.9 Å². The summed E-state index contributed by atoms with van der Waals surface area (Å²) in [6, 6.07) is 2.16. The summed E-state index contributed by atoms with van der Waals surface area (Å²) in [7, 11) is 0. The van der Waals surface area contributed by atoms with E-state index in [0.29, 0.717) is 28.5 Å². The van der Waals surface area contributed by atoms with Gasteiger partial charge in [-0.3, -0.25) is 4.79 Å². The van der Waals surface area contributed by atoms with E-state index in [9.17, 15) is 10.1 Å². The highest BCUT2D eigenvalue weighted by Gasteiger charge is 2.41. The van der Waals surface area contributed by atoms with Gasteiger partial charge in [-0.25, -0.2) is 9.97 Å². The molecular formula is C12H11N5OS. The molecule has 0 radical (unpaired) electrons. The number of rotatable bonds is 2. The SMILES string of the molecule is N#CC1(C(=O)Nc2nc3nccnc3s2)CCCC1. The van der Waals surface area contributed by atoms with Crippen LogP contribution in [-0.4, -0.2) is 20.9 Å². The van der Waals surface area contributed by atoms with E-state index in [1.807, 2.05) is 0 Å². The summed E-state index contributed by atoms with van der Waals surface area (Å²) in [5, 5.41) is 12.4. The van der Waals surface area contributed by atoms with Crippen molar-refractivity contribution in [1.82, 2.24) is 15.0 Å². The van der Waals surface area contributed by atoms with Crippen LogP contribution in [0.5, 0.6) is 0 Å². The summed E-state index contributed by atoms with van der Waals surface area (Å²) in [6.45, 7) is 0. The van der Waals surface area contributed by atoms with Crippen molar-refractivity contribution in [2.45, 2.75) is 25.7 Å². The normalized spacial score (nSPS) is 17.2. The monoisotopic (exact) mass is 273 g/mol. The maximum atomic E-state index is 12.2. The van der Waals surface area contributed by atoms with Crippen molar-refractivity contribution in [3.05, 3.63) is 12.4 Å². The number of carbonyl (C=O) groups excluding carboxylic acids is 1. The first kappa shape index (κ1) is 12.0. The number of thiazole rings is 1. The van der Waals surface area contributed by atoms with Crippen LogP contribution in [0.3, 0.4) is 0 Å². The summed E-state index contributed by atoms with van der Waals surface area (Å²) >= 11 is 1.27. The van der Waals surface area contributed by atoms with Crippen LogP contribution < -0.4 is 5.32 Å². The predicted molar refractivity (Wildman–Crippen MR) is 70.4 cm³/mol. The third kappa shape index (κ3) is 2.04. The van der Waals surface area contributed by atoms with Crippen molar-refractivity contribution < 1.29 is 4.79 Å². The molecule has 0 saturated heterocycles. The van der Waals surface area contributed by atoms with Crippen LogP contribution >= 0.6 is 11.3 Å². The van der Waals surface area contributed by atoms with E-state index in [0.717, 1.165) is 12.8 Å². The molecule has 1 N–H and O–H groups in total. The Labute approximate surface area is 113 Å². The maximum absolute atomic E-state index is 12.2. The zero-order valence-electron chi connectivity index (χ0n) is 10.1. The number of carbonyl (C=O) groups is 1. The number of nitriles is 1. The molecule has 2 aromatic heterocycles. The Morgan fingerprint density at radius 1 is 1.37 bits per heavy atom. The van der Waals surface area contributed by atoms with Gasteiger partial charge in [-0.15, -0.1) is 0 Å². The van der Waals surface area contributed by atoms with Gasteiger partial charge in [0.25, 0.3) is 0 Å². The molecule has 2 heterocycles. The second kappa shape index (κ2) is 4.55. The lowest BCUT2D eigenvalue weighted by Crippen LogP contribution is -2.32. The molecule has 6 nitrogen and oxygen atoms in total. The van der Waals surface area contributed by atoms with Gasteiger partial charge in [-0.2, -0.15) is 10.2 Å². The highest BCUT2D eigenvalue weighted by Crippen LogP contribution is 2.38. The Morgan fingerprint density at radius 2 is 2.11 bits per heavy atom. The van der Waals surface area contributed by atoms with Crippen LogP contribution in [0, 0.1) is 16.7 Å². The third-order valence-electron chi connectivity index (χ3n) is 3.37. The number of aromatic nitrogens is 3. The highest BCUT2D eigenvalue weighted by atomic mass is 32.1. The molecule has 0 aliphatic heterocycles. The maximum Gasteiger partial charge on any atom is 0.246 e. The smallest absolute Gasteiger partial charge is 0.246 e. The minimum Gasteiger partial charge on any atom is -0.300 e. The Kier molecular flexibility index (Phi) is 2.87. The molecule has 1 aliphatic carbocycles. The average molecular weight is 273 g/mol. The first-order chi connectivity index (χ1) is 9.23. The van der Waals surface area contributed by atoms with Crippen molar-refractivity contribution in [3.8, 4) is 6.07 Å². The summed E-state index contributed by atoms with van der Waals surface area (Å²) in [6.07, 6.45) is 6.22. The number of hydrogen-bond acceptors (Lipinski definition) is 6. The molecule has 3 rings (SSSR count). The van der Waals surface area contributed by atoms with Gasteiger partial charge < -0.3 is 5.32 Å². The molecule has 96 valence electrons. The van der Waals surface area contributed by atoms with E-state index in [4.69, 9.17) is 0 Å². The fourth-order valence-corrected chi connectivity index (χ4v) is 3.08. The molecule has 1 amide bonds. The van der Waals surface area contributed by atoms with Gasteiger partial charge in [0.05, 0.1) is 6.07 Å². The Bertz CT molecular complexity index is 635. The number of hydrogen-bond donors (Lipinski definition) is 1. The van der Waals surface area contributed by atoms with E-state index in [-0.39, 0.29) is 5.91 Å². The quantitative estimate of drug-likeness (QED) is 0.904. The molecule has 0 unspecified atom stereocenters. The number of amides is 1. The molecule has 0 spiro atoms. The molecule has 1 fully saturated rings. The van der Waals surface area contributed by atoms with Gasteiger partial charge in [0.15, 0.2) is 15.6 Å². The van der Waals surface area contributed by atoms with Crippen LogP contribution in [0.1, 0.15) is 25.7 Å². The number of nitrogens with zero attached hydrogens (tertiary/aromatic N) is 4. The van der Waals surface area contributed by atoms with Gasteiger partial charge >= 0.3 is 0 Å². The van der Waals surface area contributed by atoms with Crippen molar-refractivity contribution in [2.75, 3.05) is 5.32 Å². The van der Waals surface area contributed by atoms with Crippen LogP contribution in [0.4, 0.5) is 5.13 Å². The standard InChI is InChI=1S/C12H11N5OS/c13-7-12(3-1-2-4-12)10(18)17-11-16-8-9(19-11)15-6-5-14-8/h5-6H,1-4H2,(H,14,16,17,18). The highest BCUT2D eigenvalue weighted by molar-refractivity contribution is 7.21. The van der Waals surface area contributed by atoms with Gasteiger partial charge in [0, 0.05) is 12.4 Å². The predicted octanol–water partition coefficient (Wildman–Crippen LogP) is 2.11. The van der Waals surface area contributed by atoms with Crippen molar-refractivity contribution in [1.29, 1.82) is 5.26 Å². The number of anilines is 1. The van der Waals surface area contributed by atoms with Gasteiger partial charge in [0.1, 0.15) is 5.41 Å². The summed E-state index contributed by atoms with van der Waals surface area (Å²) in [5.74, 6) is -0.258. The first-order valence-electron chi connectivity index (χ1n) is 6.04. The lowest BCUT2D eigenvalue weighted by atomic mass is 9.87. The average Bonchev–Trinajstić information content (AvgIpc) is 3.05. The van der Waals surface area contributed by atoms with Crippen molar-refractivity contribution in [2.24, 2.45) is 5.41 Å². The zero-order chi connectivity index (χ0) is 13.3. The first-order valence-corrected chi connectivity index (χ1v) is 6.85. The van der Waals surface area contributed by atoms with Crippen LogP contribution in [-0.2, 0) is 4.79 Å². The van der Waals surface area contributed by atoms with Gasteiger partial charge in [-0.1, -0.05) is 24.2 Å². The number of fused-ring (bicyclic) bond motifs is 1. The fraction of sp³-hybridized carbons (Fsp3) is 0.417. The van der Waals surface area contributed by atoms with E-state index < -0.39 is 5.41 Å². The van der Waals surface area contributed by atoms with Crippen molar-refractivity contribution in [3.63, 3.8) is 0 Å². The van der Waals surface area contributed by atoms with E-state index in [1.165, 1.54) is 11.3 Å². The molecule has 0 aromatic carbocycles. The second-order valence-electron chi connectivity index (χ2n) is 4.56.